The Hall–Kier alpha value is -1.09. The molecule has 0 spiro atoms. The minimum Gasteiger partial charge on any atom is -0.486 e. The number of halogens is 1. The highest BCUT2D eigenvalue weighted by atomic mass is 19.1. The zero-order valence-electron chi connectivity index (χ0n) is 13.2. The quantitative estimate of drug-likeness (QED) is 0.721. The van der Waals surface area contributed by atoms with E-state index in [0.717, 1.165) is 32.2 Å². The number of ether oxygens (including phenoxy) is 1. The first-order valence-corrected chi connectivity index (χ1v) is 7.79. The van der Waals surface area contributed by atoms with Gasteiger partial charge >= 0.3 is 0 Å². The summed E-state index contributed by atoms with van der Waals surface area (Å²) in [5.41, 5.74) is 0.630. The molecule has 0 heterocycles. The Kier molecular flexibility index (Phi) is 7.60. The van der Waals surface area contributed by atoms with Gasteiger partial charge in [0.25, 0.3) is 0 Å². The molecular weight excluding hydrogens is 253 g/mol. The molecule has 0 aliphatic rings. The average Bonchev–Trinajstić information content (AvgIpc) is 2.45. The van der Waals surface area contributed by atoms with Crippen LogP contribution in [-0.4, -0.2) is 18.7 Å². The van der Waals surface area contributed by atoms with Crippen LogP contribution in [0.3, 0.4) is 0 Å². The van der Waals surface area contributed by atoms with Crippen molar-refractivity contribution in [3.63, 3.8) is 0 Å². The van der Waals surface area contributed by atoms with Crippen LogP contribution in [0.15, 0.2) is 18.2 Å². The fourth-order valence-corrected chi connectivity index (χ4v) is 2.38. The molecule has 1 N–H and O–H groups in total. The van der Waals surface area contributed by atoms with Crippen LogP contribution in [0, 0.1) is 12.7 Å². The van der Waals surface area contributed by atoms with Gasteiger partial charge in [-0.1, -0.05) is 39.3 Å². The van der Waals surface area contributed by atoms with E-state index >= 15 is 0 Å². The third-order valence-corrected chi connectivity index (χ3v) is 3.54. The molecule has 1 aromatic carbocycles. The van der Waals surface area contributed by atoms with E-state index in [2.05, 4.69) is 26.1 Å². The monoisotopic (exact) mass is 281 g/mol. The molecule has 20 heavy (non-hydrogen) atoms. The van der Waals surface area contributed by atoms with Gasteiger partial charge in [-0.2, -0.15) is 0 Å². The second kappa shape index (κ2) is 8.96. The van der Waals surface area contributed by atoms with Gasteiger partial charge in [-0.15, -0.1) is 0 Å². The molecule has 0 radical (unpaired) electrons. The van der Waals surface area contributed by atoms with E-state index in [1.54, 1.807) is 19.1 Å². The van der Waals surface area contributed by atoms with Gasteiger partial charge in [-0.25, -0.2) is 4.39 Å². The fraction of sp³-hybridized carbons (Fsp3) is 0.647. The van der Waals surface area contributed by atoms with Crippen LogP contribution >= 0.6 is 0 Å². The summed E-state index contributed by atoms with van der Waals surface area (Å²) >= 11 is 0. The summed E-state index contributed by atoms with van der Waals surface area (Å²) in [4.78, 5) is 0. The standard InChI is InChI=1S/C17H28FNO/c1-5-9-14(19-12-6-2)15(7-3)20-16-11-8-10-13(4)17(16)18/h8,10-11,14-15,19H,5-7,9,12H2,1-4H3. The van der Waals surface area contributed by atoms with Crippen LogP contribution in [0.5, 0.6) is 5.75 Å². The van der Waals surface area contributed by atoms with Gasteiger partial charge in [0.1, 0.15) is 6.10 Å². The van der Waals surface area contributed by atoms with Gasteiger partial charge in [0.15, 0.2) is 11.6 Å². The van der Waals surface area contributed by atoms with Crippen molar-refractivity contribution in [2.75, 3.05) is 6.54 Å². The summed E-state index contributed by atoms with van der Waals surface area (Å²) in [6.45, 7) is 9.15. The number of rotatable bonds is 9. The minimum absolute atomic E-state index is 0.0119. The summed E-state index contributed by atoms with van der Waals surface area (Å²) in [6, 6.07) is 5.61. The predicted octanol–water partition coefficient (Wildman–Crippen LogP) is 4.46. The highest BCUT2D eigenvalue weighted by Gasteiger charge is 2.21. The molecule has 2 nitrogen and oxygen atoms in total. The van der Waals surface area contributed by atoms with Crippen molar-refractivity contribution >= 4 is 0 Å². The van der Waals surface area contributed by atoms with Crippen molar-refractivity contribution in [3.8, 4) is 5.75 Å². The van der Waals surface area contributed by atoms with Gasteiger partial charge < -0.3 is 10.1 Å². The Morgan fingerprint density at radius 2 is 1.95 bits per heavy atom. The largest absolute Gasteiger partial charge is 0.486 e. The van der Waals surface area contributed by atoms with Crippen molar-refractivity contribution < 1.29 is 9.13 Å². The van der Waals surface area contributed by atoms with E-state index in [0.29, 0.717) is 11.3 Å². The van der Waals surface area contributed by atoms with Crippen molar-refractivity contribution in [2.24, 2.45) is 0 Å². The maximum Gasteiger partial charge on any atom is 0.167 e. The zero-order chi connectivity index (χ0) is 15.0. The summed E-state index contributed by atoms with van der Waals surface area (Å²) in [7, 11) is 0. The molecule has 1 aromatic rings. The second-order valence-electron chi connectivity index (χ2n) is 5.30. The maximum absolute atomic E-state index is 14.1. The Bertz CT molecular complexity index is 395. The molecule has 0 fully saturated rings. The third-order valence-electron chi connectivity index (χ3n) is 3.54. The van der Waals surface area contributed by atoms with Crippen molar-refractivity contribution in [3.05, 3.63) is 29.6 Å². The predicted molar refractivity (Wildman–Crippen MR) is 82.8 cm³/mol. The molecule has 114 valence electrons. The Labute approximate surface area is 122 Å². The molecule has 0 saturated heterocycles. The molecule has 0 bridgehead atoms. The first-order chi connectivity index (χ1) is 9.63. The highest BCUT2D eigenvalue weighted by Crippen LogP contribution is 2.23. The first-order valence-electron chi connectivity index (χ1n) is 7.79. The molecule has 0 aromatic heterocycles. The van der Waals surface area contributed by atoms with Gasteiger partial charge in [-0.05, 0) is 44.4 Å². The molecule has 2 atom stereocenters. The van der Waals surface area contributed by atoms with Crippen LogP contribution in [-0.2, 0) is 0 Å². The van der Waals surface area contributed by atoms with E-state index in [1.165, 1.54) is 0 Å². The lowest BCUT2D eigenvalue weighted by atomic mass is 10.0. The smallest absolute Gasteiger partial charge is 0.167 e. The summed E-state index contributed by atoms with van der Waals surface area (Å²) in [5.74, 6) is 0.132. The lowest BCUT2D eigenvalue weighted by Gasteiger charge is -2.28. The number of benzene rings is 1. The molecule has 3 heteroatoms. The van der Waals surface area contributed by atoms with Crippen molar-refractivity contribution in [2.45, 2.75) is 65.5 Å². The van der Waals surface area contributed by atoms with Gasteiger partial charge in [0, 0.05) is 6.04 Å². The SMILES string of the molecule is CCCNC(CCC)C(CC)Oc1cccc(C)c1F. The van der Waals surface area contributed by atoms with Crippen LogP contribution in [0.2, 0.25) is 0 Å². The number of hydrogen-bond acceptors (Lipinski definition) is 2. The van der Waals surface area contributed by atoms with Gasteiger partial charge in [0.05, 0.1) is 0 Å². The maximum atomic E-state index is 14.1. The molecule has 1 rings (SSSR count). The lowest BCUT2D eigenvalue weighted by Crippen LogP contribution is -2.43. The second-order valence-corrected chi connectivity index (χ2v) is 5.30. The van der Waals surface area contributed by atoms with Crippen LogP contribution in [0.4, 0.5) is 4.39 Å². The minimum atomic E-state index is -0.239. The van der Waals surface area contributed by atoms with E-state index in [9.17, 15) is 4.39 Å². The Balaban J connectivity index is 2.79. The normalized spacial score (nSPS) is 14.1. The summed E-state index contributed by atoms with van der Waals surface area (Å²) in [5, 5.41) is 3.53. The zero-order valence-corrected chi connectivity index (χ0v) is 13.2. The fourth-order valence-electron chi connectivity index (χ4n) is 2.38. The molecule has 0 aliphatic carbocycles. The van der Waals surface area contributed by atoms with E-state index in [4.69, 9.17) is 4.74 Å². The third kappa shape index (κ3) is 4.78. The van der Waals surface area contributed by atoms with Gasteiger partial charge in [0.2, 0.25) is 0 Å². The lowest BCUT2D eigenvalue weighted by molar-refractivity contribution is 0.136. The summed E-state index contributed by atoms with van der Waals surface area (Å²) < 4.78 is 20.0. The molecule has 0 saturated carbocycles. The van der Waals surface area contributed by atoms with Crippen LogP contribution in [0.25, 0.3) is 0 Å². The average molecular weight is 281 g/mol. The van der Waals surface area contributed by atoms with Gasteiger partial charge in [-0.3, -0.25) is 0 Å². The van der Waals surface area contributed by atoms with E-state index < -0.39 is 0 Å². The van der Waals surface area contributed by atoms with Crippen molar-refractivity contribution in [1.29, 1.82) is 0 Å². The highest BCUT2D eigenvalue weighted by molar-refractivity contribution is 5.30. The molecule has 2 unspecified atom stereocenters. The van der Waals surface area contributed by atoms with Crippen molar-refractivity contribution in [1.82, 2.24) is 5.32 Å². The molecule has 0 amide bonds. The topological polar surface area (TPSA) is 21.3 Å². The first kappa shape index (κ1) is 17.0. The number of nitrogens with one attached hydrogen (secondary N) is 1. The Morgan fingerprint density at radius 1 is 1.20 bits per heavy atom. The Morgan fingerprint density at radius 3 is 2.55 bits per heavy atom. The van der Waals surface area contributed by atoms with Crippen LogP contribution < -0.4 is 10.1 Å². The molecular formula is C17H28FNO. The summed E-state index contributed by atoms with van der Waals surface area (Å²) in [6.07, 6.45) is 4.12. The van der Waals surface area contributed by atoms with Crippen LogP contribution in [0.1, 0.15) is 52.0 Å². The number of hydrogen-bond donors (Lipinski definition) is 1. The molecule has 0 aliphatic heterocycles. The number of aryl methyl sites for hydroxylation is 1. The van der Waals surface area contributed by atoms with E-state index in [1.807, 2.05) is 6.07 Å². The van der Waals surface area contributed by atoms with E-state index in [-0.39, 0.29) is 18.0 Å².